The Bertz CT molecular complexity index is 567. The molecule has 2 aromatic carbocycles. The van der Waals surface area contributed by atoms with Gasteiger partial charge in [-0.3, -0.25) is 0 Å². The summed E-state index contributed by atoms with van der Waals surface area (Å²) in [6, 6.07) is 16.3. The summed E-state index contributed by atoms with van der Waals surface area (Å²) in [5.74, 6) is 1.75. The van der Waals surface area contributed by atoms with Gasteiger partial charge in [-0.05, 0) is 50.7 Å². The highest BCUT2D eigenvalue weighted by Gasteiger charge is 2.06. The van der Waals surface area contributed by atoms with Crippen molar-refractivity contribution in [3.8, 4) is 11.5 Å². The average Bonchev–Trinajstić information content (AvgIpc) is 2.54. The maximum Gasteiger partial charge on any atom is 0.125 e. The number of methoxy groups -OCH3 is 1. The molecule has 0 bridgehead atoms. The Labute approximate surface area is 133 Å². The second-order valence-electron chi connectivity index (χ2n) is 5.65. The monoisotopic (exact) mass is 299 g/mol. The number of aryl methyl sites for hydroxylation is 1. The molecular formula is C19H25NO2. The highest BCUT2D eigenvalue weighted by atomic mass is 16.5. The van der Waals surface area contributed by atoms with Gasteiger partial charge in [0.1, 0.15) is 18.1 Å². The molecule has 0 saturated heterocycles. The fourth-order valence-corrected chi connectivity index (χ4v) is 2.35. The molecule has 0 saturated carbocycles. The van der Waals surface area contributed by atoms with Crippen molar-refractivity contribution in [1.29, 1.82) is 0 Å². The minimum atomic E-state index is 0.573. The maximum atomic E-state index is 5.84. The number of benzene rings is 2. The molecule has 0 aliphatic rings. The lowest BCUT2D eigenvalue weighted by Gasteiger charge is -2.13. The molecule has 0 heterocycles. The van der Waals surface area contributed by atoms with E-state index in [2.05, 4.69) is 37.2 Å². The van der Waals surface area contributed by atoms with Crippen molar-refractivity contribution in [3.63, 3.8) is 0 Å². The fourth-order valence-electron chi connectivity index (χ4n) is 2.35. The first-order valence-electron chi connectivity index (χ1n) is 7.67. The van der Waals surface area contributed by atoms with Crippen molar-refractivity contribution in [1.82, 2.24) is 4.90 Å². The quantitative estimate of drug-likeness (QED) is 0.740. The van der Waals surface area contributed by atoms with Crippen molar-refractivity contribution >= 4 is 0 Å². The Morgan fingerprint density at radius 2 is 1.77 bits per heavy atom. The molecule has 0 N–H and O–H groups in total. The van der Waals surface area contributed by atoms with E-state index in [9.17, 15) is 0 Å². The van der Waals surface area contributed by atoms with E-state index in [4.69, 9.17) is 9.47 Å². The van der Waals surface area contributed by atoms with Gasteiger partial charge < -0.3 is 14.4 Å². The van der Waals surface area contributed by atoms with Gasteiger partial charge in [-0.2, -0.15) is 0 Å². The van der Waals surface area contributed by atoms with Crippen molar-refractivity contribution < 1.29 is 9.47 Å². The molecule has 118 valence electrons. The van der Waals surface area contributed by atoms with Gasteiger partial charge in [0.25, 0.3) is 0 Å². The fraction of sp³-hybridized carbons (Fsp3) is 0.368. The zero-order valence-electron chi connectivity index (χ0n) is 13.7. The summed E-state index contributed by atoms with van der Waals surface area (Å²) in [5.41, 5.74) is 2.40. The average molecular weight is 299 g/mol. The molecule has 3 heteroatoms. The summed E-state index contributed by atoms with van der Waals surface area (Å²) in [4.78, 5) is 2.20. The highest BCUT2D eigenvalue weighted by molar-refractivity contribution is 5.41. The van der Waals surface area contributed by atoms with Gasteiger partial charge in [0, 0.05) is 6.07 Å². The lowest BCUT2D eigenvalue weighted by atomic mass is 10.1. The van der Waals surface area contributed by atoms with Crippen LogP contribution in [0.15, 0.2) is 48.5 Å². The number of ether oxygens (including phenoxy) is 2. The van der Waals surface area contributed by atoms with Gasteiger partial charge in [0.15, 0.2) is 0 Å². The predicted molar refractivity (Wildman–Crippen MR) is 90.6 cm³/mol. The van der Waals surface area contributed by atoms with Crippen LogP contribution in [-0.4, -0.2) is 32.6 Å². The highest BCUT2D eigenvalue weighted by Crippen LogP contribution is 2.26. The van der Waals surface area contributed by atoms with E-state index in [-0.39, 0.29) is 0 Å². The van der Waals surface area contributed by atoms with Crippen molar-refractivity contribution in [2.75, 3.05) is 27.7 Å². The summed E-state index contributed by atoms with van der Waals surface area (Å²) in [6.07, 6.45) is 2.13. The molecule has 2 rings (SSSR count). The lowest BCUT2D eigenvalue weighted by Crippen LogP contribution is -2.13. The summed E-state index contributed by atoms with van der Waals surface area (Å²) < 4.78 is 11.3. The lowest BCUT2D eigenvalue weighted by molar-refractivity contribution is 0.303. The van der Waals surface area contributed by atoms with Crippen LogP contribution in [0.5, 0.6) is 11.5 Å². The summed E-state index contributed by atoms with van der Waals surface area (Å²) >= 11 is 0. The second-order valence-corrected chi connectivity index (χ2v) is 5.65. The minimum absolute atomic E-state index is 0.573. The smallest absolute Gasteiger partial charge is 0.125 e. The second kappa shape index (κ2) is 8.44. The van der Waals surface area contributed by atoms with Crippen LogP contribution >= 0.6 is 0 Å². The van der Waals surface area contributed by atoms with Gasteiger partial charge in [0.05, 0.1) is 7.11 Å². The zero-order valence-corrected chi connectivity index (χ0v) is 13.7. The van der Waals surface area contributed by atoms with Crippen LogP contribution in [0.1, 0.15) is 17.5 Å². The summed E-state index contributed by atoms with van der Waals surface area (Å²) in [6.45, 7) is 1.65. The van der Waals surface area contributed by atoms with Crippen molar-refractivity contribution in [3.05, 3.63) is 59.7 Å². The Hall–Kier alpha value is -2.00. The molecule has 0 unspecified atom stereocenters. The molecule has 0 aliphatic carbocycles. The van der Waals surface area contributed by atoms with E-state index < -0.39 is 0 Å². The molecule has 2 aromatic rings. The SMILES string of the molecule is COc1cc(OCc2ccccc2)ccc1CCCN(C)C. The van der Waals surface area contributed by atoms with Gasteiger partial charge in [-0.25, -0.2) is 0 Å². The molecule has 22 heavy (non-hydrogen) atoms. The van der Waals surface area contributed by atoms with Crippen LogP contribution in [0, 0.1) is 0 Å². The molecule has 0 fully saturated rings. The van der Waals surface area contributed by atoms with Crippen LogP contribution in [0.2, 0.25) is 0 Å². The third-order valence-corrected chi connectivity index (χ3v) is 3.56. The van der Waals surface area contributed by atoms with Crippen molar-refractivity contribution in [2.45, 2.75) is 19.4 Å². The van der Waals surface area contributed by atoms with Crippen LogP contribution in [0.25, 0.3) is 0 Å². The molecule has 0 radical (unpaired) electrons. The van der Waals surface area contributed by atoms with Gasteiger partial charge in [0.2, 0.25) is 0 Å². The predicted octanol–water partition coefficient (Wildman–Crippen LogP) is 3.77. The number of hydrogen-bond donors (Lipinski definition) is 0. The van der Waals surface area contributed by atoms with Gasteiger partial charge in [-0.1, -0.05) is 36.4 Å². The van der Waals surface area contributed by atoms with Gasteiger partial charge >= 0.3 is 0 Å². The first-order valence-corrected chi connectivity index (χ1v) is 7.67. The molecule has 0 aromatic heterocycles. The van der Waals surface area contributed by atoms with Crippen molar-refractivity contribution in [2.24, 2.45) is 0 Å². The zero-order chi connectivity index (χ0) is 15.8. The number of hydrogen-bond acceptors (Lipinski definition) is 3. The first kappa shape index (κ1) is 16.4. The minimum Gasteiger partial charge on any atom is -0.496 e. The standard InChI is InChI=1S/C19H25NO2/c1-20(2)13-7-10-17-11-12-18(14-19(17)21-3)22-15-16-8-5-4-6-9-16/h4-6,8-9,11-12,14H,7,10,13,15H2,1-3H3. The molecule has 0 atom stereocenters. The molecule has 0 spiro atoms. The van der Waals surface area contributed by atoms with E-state index in [1.165, 1.54) is 5.56 Å². The van der Waals surface area contributed by atoms with E-state index in [0.717, 1.165) is 36.4 Å². The van der Waals surface area contributed by atoms with Crippen LogP contribution < -0.4 is 9.47 Å². The molecular weight excluding hydrogens is 274 g/mol. The van der Waals surface area contributed by atoms with Gasteiger partial charge in [-0.15, -0.1) is 0 Å². The normalized spacial score (nSPS) is 10.7. The van der Waals surface area contributed by atoms with Crippen LogP contribution in [0.4, 0.5) is 0 Å². The first-order chi connectivity index (χ1) is 10.7. The van der Waals surface area contributed by atoms with E-state index in [1.807, 2.05) is 30.3 Å². The van der Waals surface area contributed by atoms with E-state index in [0.29, 0.717) is 6.61 Å². The summed E-state index contributed by atoms with van der Waals surface area (Å²) in [5, 5.41) is 0. The maximum absolute atomic E-state index is 5.84. The topological polar surface area (TPSA) is 21.7 Å². The van der Waals surface area contributed by atoms with E-state index >= 15 is 0 Å². The van der Waals surface area contributed by atoms with Crippen LogP contribution in [-0.2, 0) is 13.0 Å². The Morgan fingerprint density at radius 3 is 2.45 bits per heavy atom. The number of rotatable bonds is 8. The summed E-state index contributed by atoms with van der Waals surface area (Å²) in [7, 11) is 5.90. The third kappa shape index (κ3) is 5.08. The third-order valence-electron chi connectivity index (χ3n) is 3.56. The largest absolute Gasteiger partial charge is 0.496 e. The number of nitrogens with zero attached hydrogens (tertiary/aromatic N) is 1. The van der Waals surface area contributed by atoms with Crippen LogP contribution in [0.3, 0.4) is 0 Å². The molecule has 0 aliphatic heterocycles. The Morgan fingerprint density at radius 1 is 1.00 bits per heavy atom. The molecule has 0 amide bonds. The molecule has 3 nitrogen and oxygen atoms in total. The Kier molecular flexibility index (Phi) is 6.28. The van der Waals surface area contributed by atoms with E-state index in [1.54, 1.807) is 7.11 Å². The Balaban J connectivity index is 1.96.